The standard InChI is InChI=1S/C8H16O2.Zn/c1-3-5-6-7(4-2)8(9)10;/h7H,3-6H2,1-2H3,(H,9,10);. The number of hydrogen-bond acceptors (Lipinski definition) is 1. The largest absolute Gasteiger partial charge is 0.481 e. The van der Waals surface area contributed by atoms with E-state index in [1.165, 1.54) is 0 Å². The Morgan fingerprint density at radius 2 is 2.00 bits per heavy atom. The minimum atomic E-state index is -0.643. The number of carboxylic acid groups (broad SMARTS) is 1. The Bertz CT molecular complexity index is 104. The third-order valence-electron chi connectivity index (χ3n) is 1.75. The summed E-state index contributed by atoms with van der Waals surface area (Å²) in [6.07, 6.45) is 3.71. The predicted molar refractivity (Wildman–Crippen MR) is 40.9 cm³/mol. The SMILES string of the molecule is CCCCC(CC)C(=O)O.[Zn]. The molecular formula is C8H16O2Zn. The van der Waals surface area contributed by atoms with Gasteiger partial charge in [-0.25, -0.2) is 0 Å². The molecule has 0 aliphatic carbocycles. The summed E-state index contributed by atoms with van der Waals surface area (Å²) in [4.78, 5) is 10.4. The molecule has 3 heteroatoms. The van der Waals surface area contributed by atoms with Crippen LogP contribution in [0.5, 0.6) is 0 Å². The topological polar surface area (TPSA) is 37.3 Å². The van der Waals surface area contributed by atoms with Gasteiger partial charge in [0, 0.05) is 19.5 Å². The van der Waals surface area contributed by atoms with Crippen LogP contribution in [0.1, 0.15) is 39.5 Å². The van der Waals surface area contributed by atoms with Gasteiger partial charge in [0.1, 0.15) is 0 Å². The van der Waals surface area contributed by atoms with Gasteiger partial charge >= 0.3 is 5.97 Å². The number of rotatable bonds is 5. The maximum atomic E-state index is 10.4. The van der Waals surface area contributed by atoms with Crippen LogP contribution in [0.25, 0.3) is 0 Å². The fraction of sp³-hybridized carbons (Fsp3) is 0.875. The molecule has 0 aromatic carbocycles. The van der Waals surface area contributed by atoms with Crippen molar-refractivity contribution in [2.45, 2.75) is 39.5 Å². The number of carbonyl (C=O) groups is 1. The summed E-state index contributed by atoms with van der Waals surface area (Å²) >= 11 is 0. The zero-order chi connectivity index (χ0) is 7.98. The summed E-state index contributed by atoms with van der Waals surface area (Å²) in [5.41, 5.74) is 0. The molecule has 0 bridgehead atoms. The van der Waals surface area contributed by atoms with E-state index in [-0.39, 0.29) is 25.4 Å². The average molecular weight is 210 g/mol. The van der Waals surface area contributed by atoms with E-state index < -0.39 is 5.97 Å². The van der Waals surface area contributed by atoms with Crippen LogP contribution in [0.2, 0.25) is 0 Å². The minimum Gasteiger partial charge on any atom is -0.481 e. The van der Waals surface area contributed by atoms with Gasteiger partial charge < -0.3 is 5.11 Å². The summed E-state index contributed by atoms with van der Waals surface area (Å²) in [6.45, 7) is 4.00. The molecule has 1 unspecified atom stereocenters. The molecule has 0 amide bonds. The van der Waals surface area contributed by atoms with E-state index in [0.717, 1.165) is 25.7 Å². The molecule has 0 radical (unpaired) electrons. The Hall–Kier alpha value is 0.0934. The Morgan fingerprint density at radius 3 is 2.27 bits per heavy atom. The van der Waals surface area contributed by atoms with Crippen LogP contribution in [0, 0.1) is 5.92 Å². The van der Waals surface area contributed by atoms with Crippen molar-refractivity contribution in [3.63, 3.8) is 0 Å². The van der Waals surface area contributed by atoms with Crippen molar-refractivity contribution in [1.82, 2.24) is 0 Å². The number of carboxylic acids is 1. The van der Waals surface area contributed by atoms with Crippen molar-refractivity contribution in [2.24, 2.45) is 5.92 Å². The van der Waals surface area contributed by atoms with E-state index in [1.54, 1.807) is 0 Å². The molecule has 11 heavy (non-hydrogen) atoms. The average Bonchev–Trinajstić information content (AvgIpc) is 1.89. The Morgan fingerprint density at radius 1 is 1.45 bits per heavy atom. The van der Waals surface area contributed by atoms with Crippen LogP contribution in [0.4, 0.5) is 0 Å². The van der Waals surface area contributed by atoms with Gasteiger partial charge in [-0.05, 0) is 12.8 Å². The molecule has 0 saturated heterocycles. The van der Waals surface area contributed by atoms with Crippen LogP contribution in [-0.2, 0) is 24.3 Å². The molecule has 1 atom stereocenters. The van der Waals surface area contributed by atoms with Crippen molar-refractivity contribution in [3.8, 4) is 0 Å². The van der Waals surface area contributed by atoms with Crippen molar-refractivity contribution in [1.29, 1.82) is 0 Å². The number of unbranched alkanes of at least 4 members (excludes halogenated alkanes) is 1. The Balaban J connectivity index is 0. The molecule has 2 nitrogen and oxygen atoms in total. The smallest absolute Gasteiger partial charge is 0.306 e. The normalized spacial score (nSPS) is 11.8. The van der Waals surface area contributed by atoms with Crippen molar-refractivity contribution < 1.29 is 29.4 Å². The van der Waals surface area contributed by atoms with Crippen molar-refractivity contribution >= 4 is 5.97 Å². The molecule has 0 aliphatic rings. The van der Waals surface area contributed by atoms with Gasteiger partial charge in [-0.1, -0.05) is 26.7 Å². The van der Waals surface area contributed by atoms with Gasteiger partial charge in [0.25, 0.3) is 0 Å². The van der Waals surface area contributed by atoms with Crippen LogP contribution in [0.3, 0.4) is 0 Å². The molecule has 0 spiro atoms. The first-order valence-corrected chi connectivity index (χ1v) is 3.95. The summed E-state index contributed by atoms with van der Waals surface area (Å²) in [5.74, 6) is -0.754. The van der Waals surface area contributed by atoms with Crippen LogP contribution >= 0.6 is 0 Å². The number of aliphatic carboxylic acids is 1. The first kappa shape index (κ1) is 13.7. The van der Waals surface area contributed by atoms with E-state index >= 15 is 0 Å². The third kappa shape index (κ3) is 6.49. The van der Waals surface area contributed by atoms with Gasteiger partial charge in [0.2, 0.25) is 0 Å². The summed E-state index contributed by atoms with van der Waals surface area (Å²) in [5, 5.41) is 8.60. The van der Waals surface area contributed by atoms with E-state index in [9.17, 15) is 4.79 Å². The van der Waals surface area contributed by atoms with Crippen molar-refractivity contribution in [2.75, 3.05) is 0 Å². The minimum absolute atomic E-state index is 0. The van der Waals surface area contributed by atoms with Crippen LogP contribution < -0.4 is 0 Å². The molecule has 0 aromatic rings. The summed E-state index contributed by atoms with van der Waals surface area (Å²) < 4.78 is 0. The van der Waals surface area contributed by atoms with E-state index in [0.29, 0.717) is 0 Å². The van der Waals surface area contributed by atoms with Gasteiger partial charge in [-0.15, -0.1) is 0 Å². The molecule has 0 heterocycles. The van der Waals surface area contributed by atoms with Gasteiger partial charge in [-0.3, -0.25) is 4.79 Å². The quantitative estimate of drug-likeness (QED) is 0.706. The molecule has 0 rings (SSSR count). The monoisotopic (exact) mass is 208 g/mol. The molecule has 0 aromatic heterocycles. The van der Waals surface area contributed by atoms with Gasteiger partial charge in [-0.2, -0.15) is 0 Å². The van der Waals surface area contributed by atoms with E-state index in [4.69, 9.17) is 5.11 Å². The second-order valence-electron chi connectivity index (χ2n) is 2.59. The van der Waals surface area contributed by atoms with E-state index in [1.807, 2.05) is 6.92 Å². The molecular weight excluding hydrogens is 193 g/mol. The zero-order valence-electron chi connectivity index (χ0n) is 7.47. The summed E-state index contributed by atoms with van der Waals surface area (Å²) in [7, 11) is 0. The Kier molecular flexibility index (Phi) is 10.2. The summed E-state index contributed by atoms with van der Waals surface area (Å²) in [6, 6.07) is 0. The zero-order valence-corrected chi connectivity index (χ0v) is 10.4. The fourth-order valence-corrected chi connectivity index (χ4v) is 0.953. The molecule has 0 aliphatic heterocycles. The molecule has 0 saturated carbocycles. The van der Waals surface area contributed by atoms with Gasteiger partial charge in [0.05, 0.1) is 5.92 Å². The molecule has 1 N–H and O–H groups in total. The fourth-order valence-electron chi connectivity index (χ4n) is 0.953. The molecule has 62 valence electrons. The van der Waals surface area contributed by atoms with Crippen LogP contribution in [-0.4, -0.2) is 11.1 Å². The van der Waals surface area contributed by atoms with E-state index in [2.05, 4.69) is 6.92 Å². The molecule has 0 fully saturated rings. The Labute approximate surface area is 81.1 Å². The first-order chi connectivity index (χ1) is 4.72. The maximum absolute atomic E-state index is 10.4. The van der Waals surface area contributed by atoms with Crippen LogP contribution in [0.15, 0.2) is 0 Å². The van der Waals surface area contributed by atoms with Gasteiger partial charge in [0.15, 0.2) is 0 Å². The predicted octanol–water partition coefficient (Wildman–Crippen LogP) is 2.28. The first-order valence-electron chi connectivity index (χ1n) is 3.95. The second kappa shape index (κ2) is 8.19. The second-order valence-corrected chi connectivity index (χ2v) is 2.59. The number of hydrogen-bond donors (Lipinski definition) is 1. The van der Waals surface area contributed by atoms with Crippen molar-refractivity contribution in [3.05, 3.63) is 0 Å². The maximum Gasteiger partial charge on any atom is 0.306 e. The third-order valence-corrected chi connectivity index (χ3v) is 1.75.